The maximum atomic E-state index is 4.54. The van der Waals surface area contributed by atoms with Gasteiger partial charge < -0.3 is 0 Å². The summed E-state index contributed by atoms with van der Waals surface area (Å²) in [4.78, 5) is 4.54. The molecular weight excluding hydrogens is 170 g/mol. The SMILES string of the molecule is Cc1ccc2c(C)c(C)c(C)cc2n1. The summed E-state index contributed by atoms with van der Waals surface area (Å²) in [6, 6.07) is 6.41. The number of aryl methyl sites for hydroxylation is 3. The Bertz CT molecular complexity index is 498. The predicted molar refractivity (Wildman–Crippen MR) is 60.7 cm³/mol. The highest BCUT2D eigenvalue weighted by molar-refractivity contribution is 5.84. The van der Waals surface area contributed by atoms with Crippen molar-refractivity contribution in [2.75, 3.05) is 0 Å². The molecule has 0 aliphatic carbocycles. The molecule has 0 saturated heterocycles. The molecule has 0 aliphatic heterocycles. The molecule has 1 aromatic carbocycles. The van der Waals surface area contributed by atoms with Crippen molar-refractivity contribution < 1.29 is 0 Å². The van der Waals surface area contributed by atoms with Crippen molar-refractivity contribution in [3.63, 3.8) is 0 Å². The third-order valence-corrected chi connectivity index (χ3v) is 2.98. The Kier molecular flexibility index (Phi) is 2.03. The smallest absolute Gasteiger partial charge is 0.0710 e. The van der Waals surface area contributed by atoms with Crippen LogP contribution >= 0.6 is 0 Å². The van der Waals surface area contributed by atoms with Crippen LogP contribution in [0.2, 0.25) is 0 Å². The standard InChI is InChI=1S/C13H15N/c1-8-7-13-12(11(4)10(8)3)6-5-9(2)14-13/h5-7H,1-4H3. The molecule has 1 heteroatoms. The van der Waals surface area contributed by atoms with E-state index in [4.69, 9.17) is 0 Å². The van der Waals surface area contributed by atoms with Gasteiger partial charge in [0.05, 0.1) is 5.52 Å². The third-order valence-electron chi connectivity index (χ3n) is 2.98. The third kappa shape index (κ3) is 1.29. The van der Waals surface area contributed by atoms with E-state index in [1.807, 2.05) is 6.92 Å². The first-order valence-corrected chi connectivity index (χ1v) is 4.94. The molecule has 0 saturated carbocycles. The Balaban J connectivity index is 2.91. The lowest BCUT2D eigenvalue weighted by atomic mass is 9.99. The fourth-order valence-electron chi connectivity index (χ4n) is 1.82. The Morgan fingerprint density at radius 1 is 0.929 bits per heavy atom. The van der Waals surface area contributed by atoms with Gasteiger partial charge >= 0.3 is 0 Å². The first-order valence-electron chi connectivity index (χ1n) is 4.94. The number of hydrogen-bond acceptors (Lipinski definition) is 1. The maximum Gasteiger partial charge on any atom is 0.0710 e. The lowest BCUT2D eigenvalue weighted by molar-refractivity contribution is 1.22. The average molecular weight is 185 g/mol. The summed E-state index contributed by atoms with van der Waals surface area (Å²) in [5.41, 5.74) is 6.26. The Morgan fingerprint density at radius 3 is 2.36 bits per heavy atom. The summed E-state index contributed by atoms with van der Waals surface area (Å²) in [6.45, 7) is 8.52. The van der Waals surface area contributed by atoms with Crippen LogP contribution in [0.25, 0.3) is 10.9 Å². The normalized spacial score (nSPS) is 10.9. The summed E-state index contributed by atoms with van der Waals surface area (Å²) in [7, 11) is 0. The Morgan fingerprint density at radius 2 is 1.64 bits per heavy atom. The minimum Gasteiger partial charge on any atom is -0.253 e. The monoisotopic (exact) mass is 185 g/mol. The van der Waals surface area contributed by atoms with E-state index in [1.54, 1.807) is 0 Å². The first kappa shape index (κ1) is 9.20. The molecule has 0 bridgehead atoms. The summed E-state index contributed by atoms with van der Waals surface area (Å²) < 4.78 is 0. The molecule has 72 valence electrons. The Labute approximate surface area is 84.8 Å². The average Bonchev–Trinajstić information content (AvgIpc) is 2.14. The van der Waals surface area contributed by atoms with Gasteiger partial charge in [-0.15, -0.1) is 0 Å². The van der Waals surface area contributed by atoms with Crippen LogP contribution in [0.15, 0.2) is 18.2 Å². The second kappa shape index (κ2) is 3.09. The molecule has 1 heterocycles. The van der Waals surface area contributed by atoms with Crippen molar-refractivity contribution in [3.8, 4) is 0 Å². The molecule has 0 aliphatic rings. The van der Waals surface area contributed by atoms with Gasteiger partial charge in [-0.05, 0) is 56.5 Å². The highest BCUT2D eigenvalue weighted by Gasteiger charge is 2.04. The second-order valence-electron chi connectivity index (χ2n) is 3.96. The van der Waals surface area contributed by atoms with Gasteiger partial charge in [-0.2, -0.15) is 0 Å². The zero-order valence-corrected chi connectivity index (χ0v) is 9.18. The molecule has 2 aromatic rings. The van der Waals surface area contributed by atoms with Gasteiger partial charge in [-0.1, -0.05) is 6.07 Å². The molecule has 0 unspecified atom stereocenters. The quantitative estimate of drug-likeness (QED) is 0.612. The largest absolute Gasteiger partial charge is 0.253 e. The van der Waals surface area contributed by atoms with Gasteiger partial charge in [-0.25, -0.2) is 0 Å². The number of nitrogens with zero attached hydrogens (tertiary/aromatic N) is 1. The van der Waals surface area contributed by atoms with Crippen LogP contribution in [-0.2, 0) is 0 Å². The van der Waals surface area contributed by atoms with E-state index in [1.165, 1.54) is 22.1 Å². The molecule has 0 radical (unpaired) electrons. The number of aromatic nitrogens is 1. The van der Waals surface area contributed by atoms with Crippen molar-refractivity contribution in [2.45, 2.75) is 27.7 Å². The summed E-state index contributed by atoms with van der Waals surface area (Å²) in [5, 5.41) is 1.28. The van der Waals surface area contributed by atoms with Crippen LogP contribution in [0, 0.1) is 27.7 Å². The molecule has 14 heavy (non-hydrogen) atoms. The Hall–Kier alpha value is -1.37. The van der Waals surface area contributed by atoms with E-state index >= 15 is 0 Å². The molecule has 2 rings (SSSR count). The van der Waals surface area contributed by atoms with Crippen LogP contribution in [0.3, 0.4) is 0 Å². The number of hydrogen-bond donors (Lipinski definition) is 0. The lowest BCUT2D eigenvalue weighted by Gasteiger charge is -2.09. The zero-order chi connectivity index (χ0) is 10.3. The van der Waals surface area contributed by atoms with Crippen LogP contribution < -0.4 is 0 Å². The van der Waals surface area contributed by atoms with Crippen molar-refractivity contribution in [1.82, 2.24) is 4.98 Å². The molecule has 0 amide bonds. The fraction of sp³-hybridized carbons (Fsp3) is 0.308. The van der Waals surface area contributed by atoms with Crippen molar-refractivity contribution in [2.24, 2.45) is 0 Å². The van der Waals surface area contributed by atoms with E-state index in [2.05, 4.69) is 44.0 Å². The molecule has 0 N–H and O–H groups in total. The molecule has 0 atom stereocenters. The summed E-state index contributed by atoms with van der Waals surface area (Å²) >= 11 is 0. The number of rotatable bonds is 0. The van der Waals surface area contributed by atoms with Crippen molar-refractivity contribution in [3.05, 3.63) is 40.6 Å². The van der Waals surface area contributed by atoms with Crippen LogP contribution in [0.5, 0.6) is 0 Å². The van der Waals surface area contributed by atoms with Gasteiger partial charge in [0.15, 0.2) is 0 Å². The number of benzene rings is 1. The number of pyridine rings is 1. The van der Waals surface area contributed by atoms with Gasteiger partial charge in [0.1, 0.15) is 0 Å². The van der Waals surface area contributed by atoms with Crippen molar-refractivity contribution in [1.29, 1.82) is 0 Å². The van der Waals surface area contributed by atoms with Gasteiger partial charge in [0.2, 0.25) is 0 Å². The summed E-state index contributed by atoms with van der Waals surface area (Å²) in [6.07, 6.45) is 0. The molecule has 0 fully saturated rings. The van der Waals surface area contributed by atoms with E-state index in [9.17, 15) is 0 Å². The zero-order valence-electron chi connectivity index (χ0n) is 9.18. The molecular formula is C13H15N. The lowest BCUT2D eigenvalue weighted by Crippen LogP contribution is -1.91. The topological polar surface area (TPSA) is 12.9 Å². The van der Waals surface area contributed by atoms with E-state index in [-0.39, 0.29) is 0 Å². The maximum absolute atomic E-state index is 4.54. The molecule has 0 spiro atoms. The van der Waals surface area contributed by atoms with Crippen LogP contribution in [0.1, 0.15) is 22.4 Å². The van der Waals surface area contributed by atoms with Crippen LogP contribution in [-0.4, -0.2) is 4.98 Å². The van der Waals surface area contributed by atoms with Gasteiger partial charge in [0, 0.05) is 11.1 Å². The van der Waals surface area contributed by atoms with E-state index in [0.29, 0.717) is 0 Å². The second-order valence-corrected chi connectivity index (χ2v) is 3.96. The fourth-order valence-corrected chi connectivity index (χ4v) is 1.82. The minimum absolute atomic E-state index is 1.08. The number of fused-ring (bicyclic) bond motifs is 1. The highest BCUT2D eigenvalue weighted by Crippen LogP contribution is 2.23. The van der Waals surface area contributed by atoms with Crippen LogP contribution in [0.4, 0.5) is 0 Å². The summed E-state index contributed by atoms with van der Waals surface area (Å²) in [5.74, 6) is 0. The van der Waals surface area contributed by atoms with Crippen molar-refractivity contribution >= 4 is 10.9 Å². The minimum atomic E-state index is 1.08. The van der Waals surface area contributed by atoms with Gasteiger partial charge in [0.25, 0.3) is 0 Å². The first-order chi connectivity index (χ1) is 6.59. The van der Waals surface area contributed by atoms with E-state index in [0.717, 1.165) is 11.2 Å². The molecule has 1 nitrogen and oxygen atoms in total. The van der Waals surface area contributed by atoms with E-state index < -0.39 is 0 Å². The highest BCUT2D eigenvalue weighted by atomic mass is 14.7. The predicted octanol–water partition coefficient (Wildman–Crippen LogP) is 3.47. The van der Waals surface area contributed by atoms with Gasteiger partial charge in [-0.3, -0.25) is 4.98 Å². The molecule has 1 aromatic heterocycles.